The van der Waals surface area contributed by atoms with Crippen molar-refractivity contribution in [2.75, 3.05) is 14.2 Å². The van der Waals surface area contributed by atoms with Crippen LogP contribution < -0.4 is 0 Å². The van der Waals surface area contributed by atoms with Crippen LogP contribution in [0.25, 0.3) is 0 Å². The molecule has 0 amide bonds. The van der Waals surface area contributed by atoms with Crippen LogP contribution in [0.15, 0.2) is 59.2 Å². The minimum Gasteiger partial charge on any atom is 0 e. The van der Waals surface area contributed by atoms with E-state index >= 15 is 0 Å². The molecule has 0 bridgehead atoms. The van der Waals surface area contributed by atoms with Crippen LogP contribution in [0, 0.1) is 30.6 Å². The van der Waals surface area contributed by atoms with E-state index in [2.05, 4.69) is 13.3 Å². The zero-order valence-electron chi connectivity index (χ0n) is 16.4. The number of benzene rings is 1. The predicted molar refractivity (Wildman–Crippen MR) is 96.6 cm³/mol. The summed E-state index contributed by atoms with van der Waals surface area (Å²) in [6.45, 7) is 10.9. The van der Waals surface area contributed by atoms with Crippen molar-refractivity contribution < 1.29 is 53.8 Å². The van der Waals surface area contributed by atoms with Crippen molar-refractivity contribution >= 4 is 15.8 Å². The fraction of sp³-hybridized carbons (Fsp3) is 0.316. The van der Waals surface area contributed by atoms with Crippen molar-refractivity contribution in [3.63, 3.8) is 0 Å². The van der Waals surface area contributed by atoms with Crippen LogP contribution in [0.2, 0.25) is 0 Å². The molecule has 1 radical (unpaired) electrons. The van der Waals surface area contributed by atoms with Crippen molar-refractivity contribution in [1.82, 2.24) is 0 Å². The van der Waals surface area contributed by atoms with E-state index in [1.807, 2.05) is 6.92 Å². The molecule has 0 aliphatic heterocycles. The summed E-state index contributed by atoms with van der Waals surface area (Å²) >= 11 is 0. The summed E-state index contributed by atoms with van der Waals surface area (Å²) in [7, 11) is -1.12. The molecule has 0 spiro atoms. The Kier molecular flexibility index (Phi) is 18.8. The second kappa shape index (κ2) is 17.4. The maximum Gasteiger partial charge on any atom is 0 e. The minimum absolute atomic E-state index is 0. The summed E-state index contributed by atoms with van der Waals surface area (Å²) in [5.74, 6) is -0.816. The third-order valence-corrected chi connectivity index (χ3v) is 6.05. The van der Waals surface area contributed by atoms with Crippen LogP contribution in [0.4, 0.5) is 0 Å². The molecule has 0 N–H and O–H groups in total. The molecule has 1 aliphatic rings. The third kappa shape index (κ3) is 8.53. The predicted octanol–water partition coefficient (Wildman–Crippen LogP) is 2.17. The Morgan fingerprint density at radius 1 is 1.10 bits per heavy atom. The molecule has 0 saturated carbocycles. The Bertz CT molecular complexity index is 845. The number of esters is 1. The van der Waals surface area contributed by atoms with Gasteiger partial charge in [0.15, 0.2) is 15.1 Å². The van der Waals surface area contributed by atoms with Crippen molar-refractivity contribution in [2.45, 2.75) is 17.1 Å². The number of sulfone groups is 1. The number of rotatable bonds is 5. The molecule has 0 heterocycles. The van der Waals surface area contributed by atoms with Gasteiger partial charge in [-0.2, -0.15) is 0 Å². The molecule has 11 heteroatoms. The van der Waals surface area contributed by atoms with Crippen LogP contribution in [0.3, 0.4) is 0 Å². The zero-order chi connectivity index (χ0) is 23.0. The minimum atomic E-state index is -3.87. The molecule has 1 aromatic carbocycles. The first kappa shape index (κ1) is 32.3. The quantitative estimate of drug-likeness (QED) is 0.274. The van der Waals surface area contributed by atoms with Crippen molar-refractivity contribution in [3.8, 4) is 0 Å². The summed E-state index contributed by atoms with van der Waals surface area (Å²) < 4.78 is 58.1. The van der Waals surface area contributed by atoms with Crippen LogP contribution >= 0.6 is 0 Å². The summed E-state index contributed by atoms with van der Waals surface area (Å²) in [6.07, 6.45) is 5.19. The fourth-order valence-corrected chi connectivity index (χ4v) is 4.61. The van der Waals surface area contributed by atoms with Crippen molar-refractivity contribution in [1.29, 1.82) is 5.46 Å². The molecule has 1 aliphatic carbocycles. The Morgan fingerprint density at radius 2 is 1.60 bits per heavy atom. The average Bonchev–Trinajstić information content (AvgIpc) is 2.79. The Labute approximate surface area is 185 Å². The van der Waals surface area contributed by atoms with Crippen LogP contribution in [-0.2, 0) is 55.3 Å². The largest absolute Gasteiger partial charge is 0 e. The van der Waals surface area contributed by atoms with E-state index in [0.717, 1.165) is 0 Å². The topological polar surface area (TPSA) is 153 Å². The first-order valence-corrected chi connectivity index (χ1v) is 9.36. The maximum atomic E-state index is 12.9. The molecule has 3 atom stereocenters. The standard InChI is InChI=1S/C17H20O5S.2CO.Mn.NO/c1-12-11-13(21-2)9-10-15(12)16(17(18)22-3)23(19,20)14-7-5-4-6-8-14;2*1-2;;1-2/h4-12,15-16H,1-3H3;;;;/q;;;;+1/t12-,15+,16?;;;;/m1..../s1. The molecular formula is C19H20MnNO8S+. The van der Waals surface area contributed by atoms with Gasteiger partial charge in [0.05, 0.1) is 19.1 Å². The molecule has 9 nitrogen and oxygen atoms in total. The van der Waals surface area contributed by atoms with Crippen molar-refractivity contribution in [3.05, 3.63) is 67.6 Å². The van der Waals surface area contributed by atoms with E-state index in [1.54, 1.807) is 43.5 Å². The molecule has 2 rings (SSSR count). The number of carbonyl (C=O) groups excluding carboxylic acids is 1. The molecular weight excluding hydrogens is 457 g/mol. The van der Waals surface area contributed by atoms with Gasteiger partial charge in [-0.1, -0.05) is 31.2 Å². The van der Waals surface area contributed by atoms with Crippen LogP contribution in [0.5, 0.6) is 0 Å². The van der Waals surface area contributed by atoms with Gasteiger partial charge in [0, 0.05) is 23.0 Å². The zero-order valence-corrected chi connectivity index (χ0v) is 18.3. The Hall–Kier alpha value is -2.41. The van der Waals surface area contributed by atoms with Gasteiger partial charge in [-0.25, -0.2) is 8.42 Å². The summed E-state index contributed by atoms with van der Waals surface area (Å²) in [5.41, 5.74) is 5.75. The van der Waals surface area contributed by atoms with Gasteiger partial charge in [-0.05, 0) is 30.2 Å². The van der Waals surface area contributed by atoms with Gasteiger partial charge in [0.2, 0.25) is 0 Å². The summed E-state index contributed by atoms with van der Waals surface area (Å²) in [6, 6.07) is 7.95. The summed E-state index contributed by atoms with van der Waals surface area (Å²) in [4.78, 5) is 12.3. The smallest absolute Gasteiger partial charge is 0 e. The SMILES string of the molecule is COC(=O)C([C@H]1C=CC(OC)=C[C@H]1C)S(=O)(=O)c1ccccc1.N#[O+].[C-]#[O+].[C-]#[O+].[Mn]. The molecule has 161 valence electrons. The van der Waals surface area contributed by atoms with Gasteiger partial charge in [-0.15, -0.1) is 0 Å². The summed E-state index contributed by atoms with van der Waals surface area (Å²) in [5, 5.41) is -1.30. The molecule has 1 aromatic rings. The maximum absolute atomic E-state index is 12.9. The Morgan fingerprint density at radius 3 is 2.00 bits per heavy atom. The van der Waals surface area contributed by atoms with Gasteiger partial charge >= 0.3 is 38.8 Å². The average molecular weight is 477 g/mol. The molecule has 0 saturated heterocycles. The second-order valence-electron chi connectivity index (χ2n) is 5.37. The van der Waals surface area contributed by atoms with Gasteiger partial charge < -0.3 is 9.47 Å². The first-order valence-electron chi connectivity index (χ1n) is 7.81. The van der Waals surface area contributed by atoms with Gasteiger partial charge in [-0.3, -0.25) is 4.79 Å². The molecule has 0 fully saturated rings. The van der Waals surface area contributed by atoms with Crippen molar-refractivity contribution in [2.24, 2.45) is 11.8 Å². The van der Waals surface area contributed by atoms with E-state index in [4.69, 9.17) is 29.0 Å². The van der Waals surface area contributed by atoms with Gasteiger partial charge in [0.25, 0.3) is 0 Å². The number of carbonyl (C=O) groups is 1. The van der Waals surface area contributed by atoms with Crippen LogP contribution in [0.1, 0.15) is 6.92 Å². The third-order valence-electron chi connectivity index (χ3n) is 3.94. The van der Waals surface area contributed by atoms with Crippen LogP contribution in [-0.4, -0.2) is 33.9 Å². The molecule has 0 aromatic heterocycles. The van der Waals surface area contributed by atoms with E-state index in [1.165, 1.54) is 19.2 Å². The van der Waals surface area contributed by atoms with E-state index in [-0.39, 0.29) is 27.9 Å². The first-order chi connectivity index (χ1) is 13.9. The van der Waals surface area contributed by atoms with E-state index < -0.39 is 27.0 Å². The fourth-order valence-electron chi connectivity index (χ4n) is 2.68. The molecule has 1 unspecified atom stereocenters. The number of hydrogen-bond donors (Lipinski definition) is 0. The number of allylic oxidation sites excluding steroid dienone is 3. The number of ether oxygens (including phenoxy) is 2. The van der Waals surface area contributed by atoms with E-state index in [9.17, 15) is 13.2 Å². The normalized spacial score (nSPS) is 17.2. The van der Waals surface area contributed by atoms with Gasteiger partial charge in [0.1, 0.15) is 5.76 Å². The second-order valence-corrected chi connectivity index (χ2v) is 7.44. The molecule has 30 heavy (non-hydrogen) atoms. The number of nitrogens with zero attached hydrogens (tertiary/aromatic N) is 1. The number of hydrogen-bond acceptors (Lipinski definition) is 6. The monoisotopic (exact) mass is 477 g/mol. The number of methoxy groups -OCH3 is 2. The van der Waals surface area contributed by atoms with E-state index in [0.29, 0.717) is 5.76 Å². The Balaban J connectivity index is -0.000000955.